The van der Waals surface area contributed by atoms with E-state index in [1.807, 2.05) is 47.3 Å². The van der Waals surface area contributed by atoms with Crippen molar-refractivity contribution in [2.75, 3.05) is 5.32 Å². The molecule has 0 aliphatic rings. The van der Waals surface area contributed by atoms with Crippen LogP contribution in [-0.2, 0) is 6.54 Å². The molecule has 7 nitrogen and oxygen atoms in total. The highest BCUT2D eigenvalue weighted by Crippen LogP contribution is 2.19. The van der Waals surface area contributed by atoms with Gasteiger partial charge in [-0.25, -0.2) is 24.0 Å². The smallest absolute Gasteiger partial charge is 0.223 e. The highest BCUT2D eigenvalue weighted by molar-refractivity contribution is 5.58. The summed E-state index contributed by atoms with van der Waals surface area (Å²) in [5, 5.41) is 7.59. The lowest BCUT2D eigenvalue weighted by Crippen LogP contribution is -2.05. The Morgan fingerprint density at radius 1 is 0.966 bits per heavy atom. The second-order valence-corrected chi connectivity index (χ2v) is 6.45. The minimum Gasteiger partial charge on any atom is -0.349 e. The monoisotopic (exact) mass is 385 g/mol. The van der Waals surface area contributed by atoms with Crippen molar-refractivity contribution in [2.24, 2.45) is 0 Å². The molecule has 4 heterocycles. The molecule has 0 bridgehead atoms. The summed E-state index contributed by atoms with van der Waals surface area (Å²) in [4.78, 5) is 13.3. The topological polar surface area (TPSA) is 72.9 Å². The molecular formula is C21H16FN7. The van der Waals surface area contributed by atoms with Crippen LogP contribution in [0.15, 0.2) is 79.5 Å². The summed E-state index contributed by atoms with van der Waals surface area (Å²) < 4.78 is 16.8. The number of anilines is 1. The molecule has 1 N–H and O–H groups in total. The largest absolute Gasteiger partial charge is 0.349 e. The van der Waals surface area contributed by atoms with E-state index in [9.17, 15) is 4.39 Å². The fraction of sp³-hybridized carbons (Fsp3) is 0.0476. The van der Waals surface area contributed by atoms with E-state index in [4.69, 9.17) is 0 Å². The number of hydrogen-bond donors (Lipinski definition) is 1. The van der Waals surface area contributed by atoms with Gasteiger partial charge in [0.2, 0.25) is 5.95 Å². The first kappa shape index (κ1) is 17.1. The Bertz CT molecular complexity index is 1270. The molecule has 142 valence electrons. The number of hydrogen-bond acceptors (Lipinski definition) is 5. The van der Waals surface area contributed by atoms with E-state index in [1.165, 1.54) is 12.1 Å². The maximum absolute atomic E-state index is 13.1. The molecule has 0 radical (unpaired) electrons. The van der Waals surface area contributed by atoms with Gasteiger partial charge in [0.15, 0.2) is 0 Å². The lowest BCUT2D eigenvalue weighted by molar-refractivity contribution is 0.627. The summed E-state index contributed by atoms with van der Waals surface area (Å²) in [6.45, 7) is 0.545. The number of nitrogens with one attached hydrogen (secondary N) is 1. The van der Waals surface area contributed by atoms with Crippen LogP contribution in [0.3, 0.4) is 0 Å². The van der Waals surface area contributed by atoms with Crippen LogP contribution < -0.4 is 5.32 Å². The van der Waals surface area contributed by atoms with Crippen LogP contribution in [-0.4, -0.2) is 29.1 Å². The second kappa shape index (κ2) is 7.16. The first-order chi connectivity index (χ1) is 14.3. The summed E-state index contributed by atoms with van der Waals surface area (Å²) in [5.74, 6) is 0.238. The lowest BCUT2D eigenvalue weighted by Gasteiger charge is -2.06. The van der Waals surface area contributed by atoms with Crippen LogP contribution in [0.2, 0.25) is 0 Å². The summed E-state index contributed by atoms with van der Waals surface area (Å²) in [5.41, 5.74) is 4.27. The van der Waals surface area contributed by atoms with Gasteiger partial charge in [-0.2, -0.15) is 5.10 Å². The molecule has 29 heavy (non-hydrogen) atoms. The quantitative estimate of drug-likeness (QED) is 0.499. The van der Waals surface area contributed by atoms with Crippen molar-refractivity contribution >= 4 is 11.6 Å². The van der Waals surface area contributed by atoms with Crippen molar-refractivity contribution in [2.45, 2.75) is 6.54 Å². The summed E-state index contributed by atoms with van der Waals surface area (Å²) in [7, 11) is 0. The molecule has 0 spiro atoms. The van der Waals surface area contributed by atoms with Crippen molar-refractivity contribution in [3.8, 4) is 16.9 Å². The van der Waals surface area contributed by atoms with Crippen LogP contribution in [0.5, 0.6) is 0 Å². The zero-order valence-electron chi connectivity index (χ0n) is 15.3. The highest BCUT2D eigenvalue weighted by Gasteiger charge is 2.08. The second-order valence-electron chi connectivity index (χ2n) is 6.45. The van der Waals surface area contributed by atoms with Crippen LogP contribution in [0.25, 0.3) is 22.6 Å². The molecule has 0 amide bonds. The van der Waals surface area contributed by atoms with Gasteiger partial charge in [-0.3, -0.25) is 0 Å². The normalized spacial score (nSPS) is 11.1. The Balaban J connectivity index is 1.35. The van der Waals surface area contributed by atoms with Crippen molar-refractivity contribution in [3.05, 3.63) is 91.0 Å². The minimum absolute atomic E-state index is 0.279. The summed E-state index contributed by atoms with van der Waals surface area (Å²) in [6.07, 6.45) is 9.08. The zero-order valence-corrected chi connectivity index (χ0v) is 15.3. The third-order valence-electron chi connectivity index (χ3n) is 4.55. The van der Waals surface area contributed by atoms with E-state index >= 15 is 0 Å². The van der Waals surface area contributed by atoms with E-state index in [0.29, 0.717) is 12.5 Å². The van der Waals surface area contributed by atoms with E-state index < -0.39 is 0 Å². The van der Waals surface area contributed by atoms with Gasteiger partial charge in [0, 0.05) is 24.2 Å². The molecule has 0 saturated heterocycles. The lowest BCUT2D eigenvalue weighted by atomic mass is 10.2. The van der Waals surface area contributed by atoms with Crippen molar-refractivity contribution < 1.29 is 4.39 Å². The van der Waals surface area contributed by atoms with Crippen molar-refractivity contribution in [1.82, 2.24) is 29.1 Å². The number of benzene rings is 1. The van der Waals surface area contributed by atoms with Crippen molar-refractivity contribution in [1.29, 1.82) is 0 Å². The molecule has 8 heteroatoms. The summed E-state index contributed by atoms with van der Waals surface area (Å²) >= 11 is 0. The minimum atomic E-state index is -0.279. The number of fused-ring (bicyclic) bond motifs is 1. The third kappa shape index (κ3) is 3.43. The SMILES string of the molecule is Fc1ccc(-n2cc(-c3ccnc(NCc4cnc5ccccn45)n3)cn2)cc1. The number of aromatic nitrogens is 6. The van der Waals surface area contributed by atoms with Gasteiger partial charge >= 0.3 is 0 Å². The van der Waals surface area contributed by atoms with E-state index in [-0.39, 0.29) is 5.82 Å². The van der Waals surface area contributed by atoms with Gasteiger partial charge < -0.3 is 9.72 Å². The van der Waals surface area contributed by atoms with Gasteiger partial charge in [-0.1, -0.05) is 6.07 Å². The predicted octanol–water partition coefficient (Wildman–Crippen LogP) is 3.73. The Kier molecular flexibility index (Phi) is 4.21. The van der Waals surface area contributed by atoms with Crippen LogP contribution in [0.4, 0.5) is 10.3 Å². The molecule has 4 aromatic heterocycles. The molecular weight excluding hydrogens is 369 g/mol. The molecule has 0 aliphatic heterocycles. The fourth-order valence-corrected chi connectivity index (χ4v) is 3.08. The molecule has 5 aromatic rings. The average molecular weight is 385 g/mol. The molecule has 5 rings (SSSR count). The number of nitrogens with zero attached hydrogens (tertiary/aromatic N) is 6. The molecule has 0 atom stereocenters. The number of halogens is 1. The standard InChI is InChI=1S/C21H16FN7/c22-16-4-6-17(7-5-16)29-14-15(11-26-29)19-8-9-23-21(27-19)25-13-18-12-24-20-3-1-2-10-28(18)20/h1-12,14H,13H2,(H,23,25,27). The highest BCUT2D eigenvalue weighted by atomic mass is 19.1. The maximum Gasteiger partial charge on any atom is 0.223 e. The molecule has 0 fully saturated rings. The Labute approximate surface area is 165 Å². The predicted molar refractivity (Wildman–Crippen MR) is 107 cm³/mol. The van der Waals surface area contributed by atoms with Gasteiger partial charge in [0.25, 0.3) is 0 Å². The fourth-order valence-electron chi connectivity index (χ4n) is 3.08. The number of imidazole rings is 1. The Hall–Kier alpha value is -4.07. The van der Waals surface area contributed by atoms with E-state index in [1.54, 1.807) is 29.2 Å². The average Bonchev–Trinajstić information content (AvgIpc) is 3.41. The van der Waals surface area contributed by atoms with Crippen LogP contribution in [0.1, 0.15) is 5.69 Å². The third-order valence-corrected chi connectivity index (χ3v) is 4.55. The van der Waals surface area contributed by atoms with E-state index in [2.05, 4.69) is 25.4 Å². The van der Waals surface area contributed by atoms with E-state index in [0.717, 1.165) is 28.3 Å². The Morgan fingerprint density at radius 2 is 1.86 bits per heavy atom. The van der Waals surface area contributed by atoms with Crippen LogP contribution in [0, 0.1) is 5.82 Å². The number of pyridine rings is 1. The number of rotatable bonds is 5. The van der Waals surface area contributed by atoms with Crippen LogP contribution >= 0.6 is 0 Å². The molecule has 1 aromatic carbocycles. The molecule has 0 unspecified atom stereocenters. The van der Waals surface area contributed by atoms with Gasteiger partial charge in [0.1, 0.15) is 11.5 Å². The summed E-state index contributed by atoms with van der Waals surface area (Å²) in [6, 6.07) is 13.9. The first-order valence-electron chi connectivity index (χ1n) is 9.05. The van der Waals surface area contributed by atoms with Gasteiger partial charge in [-0.15, -0.1) is 0 Å². The Morgan fingerprint density at radius 3 is 2.76 bits per heavy atom. The maximum atomic E-state index is 13.1. The molecule has 0 aliphatic carbocycles. The zero-order chi connectivity index (χ0) is 19.6. The van der Waals surface area contributed by atoms with Crippen molar-refractivity contribution in [3.63, 3.8) is 0 Å². The van der Waals surface area contributed by atoms with Gasteiger partial charge in [-0.05, 0) is 42.5 Å². The first-order valence-corrected chi connectivity index (χ1v) is 9.05. The molecule has 0 saturated carbocycles. The van der Waals surface area contributed by atoms with Gasteiger partial charge in [0.05, 0.1) is 36.0 Å².